The van der Waals surface area contributed by atoms with Gasteiger partial charge in [-0.15, -0.1) is 11.3 Å². The van der Waals surface area contributed by atoms with Crippen molar-refractivity contribution in [3.05, 3.63) is 30.4 Å². The number of allylic oxidation sites excluding steroid dienone is 1. The monoisotopic (exact) mass is 328 g/mol. The Balaban J connectivity index is 2.11. The van der Waals surface area contributed by atoms with Gasteiger partial charge in [0, 0.05) is 12.2 Å². The summed E-state index contributed by atoms with van der Waals surface area (Å²) in [4.78, 5) is 16.0. The van der Waals surface area contributed by atoms with E-state index < -0.39 is 6.08 Å². The number of aromatic nitrogens is 1. The molecule has 112 valence electrons. The summed E-state index contributed by atoms with van der Waals surface area (Å²) >= 11 is 2.94. The number of anilines is 1. The largest absolute Gasteiger partial charge is 0.324 e. The lowest BCUT2D eigenvalue weighted by molar-refractivity contribution is -0.115. The van der Waals surface area contributed by atoms with Crippen LogP contribution < -0.4 is 5.32 Å². The molecular formula is C14H14F2N2OS2. The first-order valence-corrected chi connectivity index (χ1v) is 8.23. The van der Waals surface area contributed by atoms with E-state index in [1.165, 1.54) is 23.1 Å². The number of benzene rings is 1. The second kappa shape index (κ2) is 7.51. The smallest absolute Gasteiger partial charge is 0.266 e. The molecule has 0 atom stereocenters. The number of thiazole rings is 1. The topological polar surface area (TPSA) is 42.0 Å². The average molecular weight is 328 g/mol. The number of halogens is 2. The molecule has 1 amide bonds. The van der Waals surface area contributed by atoms with Gasteiger partial charge in [0.2, 0.25) is 5.91 Å². The van der Waals surface area contributed by atoms with E-state index in [1.54, 1.807) is 6.92 Å². The quantitative estimate of drug-likeness (QED) is 0.605. The van der Waals surface area contributed by atoms with Gasteiger partial charge >= 0.3 is 0 Å². The zero-order valence-corrected chi connectivity index (χ0v) is 13.0. The lowest BCUT2D eigenvalue weighted by Crippen LogP contribution is -2.09. The third-order valence-corrected chi connectivity index (χ3v) is 4.83. The minimum atomic E-state index is -1.65. The molecule has 1 aromatic heterocycles. The first-order chi connectivity index (χ1) is 10.1. The molecule has 0 aliphatic rings. The van der Waals surface area contributed by atoms with E-state index in [2.05, 4.69) is 10.3 Å². The summed E-state index contributed by atoms with van der Waals surface area (Å²) in [7, 11) is 0. The van der Waals surface area contributed by atoms with Crippen molar-refractivity contribution in [1.29, 1.82) is 0 Å². The first-order valence-electron chi connectivity index (χ1n) is 6.43. The normalized spacial score (nSPS) is 10.6. The lowest BCUT2D eigenvalue weighted by atomic mass is 10.3. The van der Waals surface area contributed by atoms with E-state index in [0.29, 0.717) is 24.3 Å². The third kappa shape index (κ3) is 4.50. The van der Waals surface area contributed by atoms with E-state index in [0.717, 1.165) is 20.6 Å². The lowest BCUT2D eigenvalue weighted by Gasteiger charge is -2.03. The number of thioether (sulfide) groups is 1. The first kappa shape index (κ1) is 15.9. The Hall–Kier alpha value is -1.47. The number of rotatable bonds is 6. The van der Waals surface area contributed by atoms with Crippen molar-refractivity contribution >= 4 is 44.9 Å². The molecule has 0 unspecified atom stereocenters. The minimum absolute atomic E-state index is 0.0618. The van der Waals surface area contributed by atoms with Crippen LogP contribution in [0.15, 0.2) is 34.7 Å². The summed E-state index contributed by atoms with van der Waals surface area (Å²) in [6.45, 7) is 1.79. The van der Waals surface area contributed by atoms with Crippen molar-refractivity contribution in [1.82, 2.24) is 4.98 Å². The second-order valence-electron chi connectivity index (χ2n) is 4.16. The molecule has 2 rings (SSSR count). The molecule has 2 aromatic rings. The average Bonchev–Trinajstić information content (AvgIpc) is 2.87. The number of carbonyl (C=O) groups excluding carboxylic acids is 1. The molecule has 21 heavy (non-hydrogen) atoms. The van der Waals surface area contributed by atoms with Gasteiger partial charge < -0.3 is 5.32 Å². The Morgan fingerprint density at radius 3 is 3.00 bits per heavy atom. The standard InChI is InChI=1S/C14H14F2N2OS2/c1-2-12(19)17-9-5-3-6-10-13(9)18-14(21-10)20-8-4-7-11(15)16/h3,5-7H,2,4,8H2,1H3,(H,17,19). The molecule has 1 heterocycles. The zero-order valence-electron chi connectivity index (χ0n) is 11.4. The van der Waals surface area contributed by atoms with Crippen molar-refractivity contribution in [3.63, 3.8) is 0 Å². The Labute approximate surface area is 129 Å². The van der Waals surface area contributed by atoms with Crippen LogP contribution in [0, 0.1) is 0 Å². The molecule has 0 radical (unpaired) electrons. The van der Waals surface area contributed by atoms with Gasteiger partial charge in [-0.05, 0) is 24.6 Å². The summed E-state index contributed by atoms with van der Waals surface area (Å²) in [6, 6.07) is 5.60. The predicted molar refractivity (Wildman–Crippen MR) is 84.2 cm³/mol. The molecule has 3 nitrogen and oxygen atoms in total. The highest BCUT2D eigenvalue weighted by atomic mass is 32.2. The zero-order chi connectivity index (χ0) is 15.2. The highest BCUT2D eigenvalue weighted by Gasteiger charge is 2.10. The SMILES string of the molecule is CCC(=O)Nc1cccc2sc(SCCC=C(F)F)nc12. The van der Waals surface area contributed by atoms with Crippen LogP contribution in [-0.4, -0.2) is 16.6 Å². The van der Waals surface area contributed by atoms with Crippen LogP contribution in [0.2, 0.25) is 0 Å². The van der Waals surface area contributed by atoms with Gasteiger partial charge in [-0.2, -0.15) is 8.78 Å². The number of nitrogens with zero attached hydrogens (tertiary/aromatic N) is 1. The third-order valence-electron chi connectivity index (χ3n) is 2.64. The predicted octanol–water partition coefficient (Wildman–Crippen LogP) is 4.91. The summed E-state index contributed by atoms with van der Waals surface area (Å²) in [5.41, 5.74) is 1.44. The molecule has 0 aliphatic carbocycles. The Bertz CT molecular complexity index is 666. The molecule has 1 aromatic carbocycles. The fourth-order valence-corrected chi connectivity index (χ4v) is 3.69. The van der Waals surface area contributed by atoms with Crippen molar-refractivity contribution in [2.24, 2.45) is 0 Å². The van der Waals surface area contributed by atoms with Crippen LogP contribution in [0.3, 0.4) is 0 Å². The Morgan fingerprint density at radius 2 is 2.29 bits per heavy atom. The maximum Gasteiger partial charge on any atom is 0.266 e. The van der Waals surface area contributed by atoms with Crippen molar-refractivity contribution < 1.29 is 13.6 Å². The van der Waals surface area contributed by atoms with Gasteiger partial charge in [0.15, 0.2) is 4.34 Å². The minimum Gasteiger partial charge on any atom is -0.324 e. The summed E-state index contributed by atoms with van der Waals surface area (Å²) in [5.74, 6) is 0.488. The number of amides is 1. The van der Waals surface area contributed by atoms with Crippen LogP contribution in [0.1, 0.15) is 19.8 Å². The van der Waals surface area contributed by atoms with Crippen LogP contribution in [0.5, 0.6) is 0 Å². The van der Waals surface area contributed by atoms with Crippen molar-refractivity contribution in [2.75, 3.05) is 11.1 Å². The van der Waals surface area contributed by atoms with Crippen LogP contribution >= 0.6 is 23.1 Å². The molecule has 0 spiro atoms. The Morgan fingerprint density at radius 1 is 1.48 bits per heavy atom. The van der Waals surface area contributed by atoms with Crippen molar-refractivity contribution in [2.45, 2.75) is 24.1 Å². The molecule has 0 fully saturated rings. The van der Waals surface area contributed by atoms with Crippen LogP contribution in [0.25, 0.3) is 10.2 Å². The molecule has 0 saturated heterocycles. The number of para-hydroxylation sites is 1. The highest BCUT2D eigenvalue weighted by molar-refractivity contribution is 8.01. The number of hydrogen-bond donors (Lipinski definition) is 1. The second-order valence-corrected chi connectivity index (χ2v) is 6.54. The van der Waals surface area contributed by atoms with E-state index >= 15 is 0 Å². The van der Waals surface area contributed by atoms with Gasteiger partial charge in [-0.1, -0.05) is 24.8 Å². The van der Waals surface area contributed by atoms with Crippen LogP contribution in [-0.2, 0) is 4.79 Å². The molecule has 0 aliphatic heterocycles. The number of carbonyl (C=O) groups is 1. The van der Waals surface area contributed by atoms with E-state index in [9.17, 15) is 13.6 Å². The fraction of sp³-hybridized carbons (Fsp3) is 0.286. The van der Waals surface area contributed by atoms with E-state index in [-0.39, 0.29) is 5.91 Å². The number of nitrogens with one attached hydrogen (secondary N) is 1. The van der Waals surface area contributed by atoms with Gasteiger partial charge in [-0.3, -0.25) is 4.79 Å². The molecule has 0 bridgehead atoms. The molecular weight excluding hydrogens is 314 g/mol. The summed E-state index contributed by atoms with van der Waals surface area (Å²) in [5, 5.41) is 2.82. The van der Waals surface area contributed by atoms with Gasteiger partial charge in [0.1, 0.15) is 5.52 Å². The maximum absolute atomic E-state index is 11.9. The maximum atomic E-state index is 11.9. The molecule has 7 heteroatoms. The van der Waals surface area contributed by atoms with Gasteiger partial charge in [0.25, 0.3) is 6.08 Å². The highest BCUT2D eigenvalue weighted by Crippen LogP contribution is 2.33. The van der Waals surface area contributed by atoms with Gasteiger partial charge in [-0.25, -0.2) is 4.98 Å². The summed E-state index contributed by atoms with van der Waals surface area (Å²) < 4.78 is 25.7. The van der Waals surface area contributed by atoms with E-state index in [4.69, 9.17) is 0 Å². The summed E-state index contributed by atoms with van der Waals surface area (Å²) in [6.07, 6.45) is -0.0248. The van der Waals surface area contributed by atoms with Crippen LogP contribution in [0.4, 0.5) is 14.5 Å². The van der Waals surface area contributed by atoms with Gasteiger partial charge in [0.05, 0.1) is 10.4 Å². The Kier molecular flexibility index (Phi) is 5.69. The molecule has 0 saturated carbocycles. The van der Waals surface area contributed by atoms with Crippen molar-refractivity contribution in [3.8, 4) is 0 Å². The molecule has 1 N–H and O–H groups in total. The fourth-order valence-electron chi connectivity index (χ4n) is 1.64. The number of hydrogen-bond acceptors (Lipinski definition) is 4. The number of fused-ring (bicyclic) bond motifs is 1. The van der Waals surface area contributed by atoms with E-state index in [1.807, 2.05) is 18.2 Å².